The number of benzene rings is 1. The van der Waals surface area contributed by atoms with Gasteiger partial charge in [0.15, 0.2) is 0 Å². The highest BCUT2D eigenvalue weighted by Crippen LogP contribution is 2.30. The molecular weight excluding hydrogens is 314 g/mol. The number of rotatable bonds is 4. The lowest BCUT2D eigenvalue weighted by atomic mass is 9.89. The summed E-state index contributed by atoms with van der Waals surface area (Å²) >= 11 is 0. The SMILES string of the molecule is CC(C)N1CCC(c2ccc(N(C)C3CCC(=O)NC3=O)cc2)CC1. The summed E-state index contributed by atoms with van der Waals surface area (Å²) in [5.41, 5.74) is 2.42. The van der Waals surface area contributed by atoms with Crippen molar-refractivity contribution in [3.8, 4) is 0 Å². The number of carbonyl (C=O) groups excluding carboxylic acids is 2. The molecule has 136 valence electrons. The van der Waals surface area contributed by atoms with E-state index in [0.29, 0.717) is 24.8 Å². The Morgan fingerprint density at radius 2 is 1.72 bits per heavy atom. The lowest BCUT2D eigenvalue weighted by Crippen LogP contribution is -2.51. The molecule has 2 fully saturated rings. The molecule has 2 aliphatic heterocycles. The minimum absolute atomic E-state index is 0.169. The van der Waals surface area contributed by atoms with Gasteiger partial charge in [-0.05, 0) is 69.8 Å². The van der Waals surface area contributed by atoms with E-state index in [4.69, 9.17) is 0 Å². The van der Waals surface area contributed by atoms with Crippen LogP contribution in [0.4, 0.5) is 5.69 Å². The molecule has 0 radical (unpaired) electrons. The number of piperidine rings is 2. The van der Waals surface area contributed by atoms with E-state index in [1.807, 2.05) is 11.9 Å². The molecule has 3 rings (SSSR count). The lowest BCUT2D eigenvalue weighted by Gasteiger charge is -2.35. The van der Waals surface area contributed by atoms with E-state index in [0.717, 1.165) is 5.69 Å². The Balaban J connectivity index is 1.62. The van der Waals surface area contributed by atoms with Crippen molar-refractivity contribution < 1.29 is 9.59 Å². The van der Waals surface area contributed by atoms with Crippen LogP contribution in [0.15, 0.2) is 24.3 Å². The molecule has 0 aromatic heterocycles. The van der Waals surface area contributed by atoms with Gasteiger partial charge in [-0.15, -0.1) is 0 Å². The maximum Gasteiger partial charge on any atom is 0.249 e. The fourth-order valence-corrected chi connectivity index (χ4v) is 3.96. The largest absolute Gasteiger partial charge is 0.363 e. The summed E-state index contributed by atoms with van der Waals surface area (Å²) in [6.45, 7) is 6.86. The molecule has 2 saturated heterocycles. The first-order valence-corrected chi connectivity index (χ1v) is 9.36. The Morgan fingerprint density at radius 3 is 2.28 bits per heavy atom. The van der Waals surface area contributed by atoms with Gasteiger partial charge in [-0.2, -0.15) is 0 Å². The molecule has 5 nitrogen and oxygen atoms in total. The molecule has 0 saturated carbocycles. The van der Waals surface area contributed by atoms with Crippen LogP contribution in [-0.2, 0) is 9.59 Å². The molecule has 2 amide bonds. The number of nitrogens with zero attached hydrogens (tertiary/aromatic N) is 2. The fourth-order valence-electron chi connectivity index (χ4n) is 3.96. The smallest absolute Gasteiger partial charge is 0.249 e. The monoisotopic (exact) mass is 343 g/mol. The molecule has 1 unspecified atom stereocenters. The zero-order valence-electron chi connectivity index (χ0n) is 15.5. The summed E-state index contributed by atoms with van der Waals surface area (Å²) in [4.78, 5) is 27.9. The van der Waals surface area contributed by atoms with Crippen molar-refractivity contribution in [2.45, 2.75) is 57.5 Å². The fraction of sp³-hybridized carbons (Fsp3) is 0.600. The standard InChI is InChI=1S/C20H29N3O2/c1-14(2)23-12-10-16(11-13-23)15-4-6-17(7-5-15)22(3)18-8-9-19(24)21-20(18)25/h4-7,14,16,18H,8-13H2,1-3H3,(H,21,24,25). The van der Waals surface area contributed by atoms with Gasteiger partial charge in [0.05, 0.1) is 0 Å². The van der Waals surface area contributed by atoms with Crippen LogP contribution >= 0.6 is 0 Å². The van der Waals surface area contributed by atoms with Gasteiger partial charge in [0.2, 0.25) is 11.8 Å². The van der Waals surface area contributed by atoms with Gasteiger partial charge < -0.3 is 9.80 Å². The molecule has 1 aromatic carbocycles. The number of amides is 2. The van der Waals surface area contributed by atoms with Crippen LogP contribution in [0.5, 0.6) is 0 Å². The van der Waals surface area contributed by atoms with Crippen LogP contribution < -0.4 is 10.2 Å². The molecule has 0 aliphatic carbocycles. The topological polar surface area (TPSA) is 52.6 Å². The second-order valence-electron chi connectivity index (χ2n) is 7.57. The van der Waals surface area contributed by atoms with Crippen molar-refractivity contribution >= 4 is 17.5 Å². The highest BCUT2D eigenvalue weighted by atomic mass is 16.2. The van der Waals surface area contributed by atoms with Gasteiger partial charge in [-0.3, -0.25) is 14.9 Å². The number of carbonyl (C=O) groups is 2. The Labute approximate surface area is 150 Å². The third-order valence-electron chi connectivity index (χ3n) is 5.71. The van der Waals surface area contributed by atoms with E-state index in [1.54, 1.807) is 0 Å². The number of likely N-dealkylation sites (N-methyl/N-ethyl adjacent to an activating group) is 1. The van der Waals surface area contributed by atoms with Crippen LogP contribution in [0.25, 0.3) is 0 Å². The predicted octanol–water partition coefficient (Wildman–Crippen LogP) is 2.52. The van der Waals surface area contributed by atoms with Gasteiger partial charge in [0, 0.05) is 25.2 Å². The van der Waals surface area contributed by atoms with E-state index >= 15 is 0 Å². The van der Waals surface area contributed by atoms with Crippen molar-refractivity contribution in [2.75, 3.05) is 25.0 Å². The quantitative estimate of drug-likeness (QED) is 0.854. The van der Waals surface area contributed by atoms with Crippen molar-refractivity contribution in [3.63, 3.8) is 0 Å². The van der Waals surface area contributed by atoms with E-state index < -0.39 is 0 Å². The Morgan fingerprint density at radius 1 is 1.08 bits per heavy atom. The first-order valence-electron chi connectivity index (χ1n) is 9.36. The predicted molar refractivity (Wildman–Crippen MR) is 99.7 cm³/mol. The average Bonchev–Trinajstić information content (AvgIpc) is 2.61. The van der Waals surface area contributed by atoms with Crippen molar-refractivity contribution in [2.24, 2.45) is 0 Å². The summed E-state index contributed by atoms with van der Waals surface area (Å²) in [6.07, 6.45) is 3.41. The molecule has 25 heavy (non-hydrogen) atoms. The number of nitrogens with one attached hydrogen (secondary N) is 1. The van der Waals surface area contributed by atoms with Gasteiger partial charge >= 0.3 is 0 Å². The molecule has 1 aromatic rings. The molecule has 5 heteroatoms. The zero-order chi connectivity index (χ0) is 18.0. The lowest BCUT2D eigenvalue weighted by molar-refractivity contribution is -0.134. The van der Waals surface area contributed by atoms with E-state index in [-0.39, 0.29) is 17.9 Å². The summed E-state index contributed by atoms with van der Waals surface area (Å²) in [6, 6.07) is 8.98. The molecule has 1 N–H and O–H groups in total. The summed E-state index contributed by atoms with van der Waals surface area (Å²) in [5.74, 6) is 0.270. The molecule has 0 spiro atoms. The van der Waals surface area contributed by atoms with Crippen LogP contribution in [0, 0.1) is 0 Å². The Hall–Kier alpha value is -1.88. The summed E-state index contributed by atoms with van der Waals surface area (Å²) in [5, 5.41) is 2.43. The maximum atomic E-state index is 12.0. The van der Waals surface area contributed by atoms with E-state index in [9.17, 15) is 9.59 Å². The van der Waals surface area contributed by atoms with Gasteiger partial charge in [0.1, 0.15) is 6.04 Å². The van der Waals surface area contributed by atoms with Crippen molar-refractivity contribution in [3.05, 3.63) is 29.8 Å². The molecule has 2 aliphatic rings. The maximum absolute atomic E-state index is 12.0. The van der Waals surface area contributed by atoms with Crippen molar-refractivity contribution in [1.29, 1.82) is 0 Å². The molecule has 2 heterocycles. The van der Waals surface area contributed by atoms with Crippen LogP contribution in [0.1, 0.15) is 51.0 Å². The first-order chi connectivity index (χ1) is 12.0. The van der Waals surface area contributed by atoms with Gasteiger partial charge in [0.25, 0.3) is 0 Å². The third-order valence-corrected chi connectivity index (χ3v) is 5.71. The highest BCUT2D eigenvalue weighted by Gasteiger charge is 2.30. The number of anilines is 1. The normalized spacial score (nSPS) is 23.0. The van der Waals surface area contributed by atoms with E-state index in [1.165, 1.54) is 31.5 Å². The first kappa shape index (κ1) is 17.9. The van der Waals surface area contributed by atoms with E-state index in [2.05, 4.69) is 48.3 Å². The minimum atomic E-state index is -0.266. The van der Waals surface area contributed by atoms with Crippen LogP contribution in [0.2, 0.25) is 0 Å². The zero-order valence-corrected chi connectivity index (χ0v) is 15.5. The third kappa shape index (κ3) is 4.03. The average molecular weight is 343 g/mol. The second-order valence-corrected chi connectivity index (χ2v) is 7.57. The van der Waals surface area contributed by atoms with Crippen LogP contribution in [-0.4, -0.2) is 48.9 Å². The minimum Gasteiger partial charge on any atom is -0.363 e. The Bertz CT molecular complexity index is 618. The van der Waals surface area contributed by atoms with Crippen LogP contribution in [0.3, 0.4) is 0 Å². The number of likely N-dealkylation sites (tertiary alicyclic amines) is 1. The van der Waals surface area contributed by atoms with Gasteiger partial charge in [-0.1, -0.05) is 12.1 Å². The summed E-state index contributed by atoms with van der Waals surface area (Å²) in [7, 11) is 1.93. The number of hydrogen-bond donors (Lipinski definition) is 1. The molecular formula is C20H29N3O2. The number of imide groups is 1. The van der Waals surface area contributed by atoms with Crippen molar-refractivity contribution in [1.82, 2.24) is 10.2 Å². The Kier molecular flexibility index (Phi) is 5.42. The highest BCUT2D eigenvalue weighted by molar-refractivity contribution is 6.01. The number of hydrogen-bond acceptors (Lipinski definition) is 4. The molecule has 0 bridgehead atoms. The molecule has 1 atom stereocenters. The van der Waals surface area contributed by atoms with Gasteiger partial charge in [-0.25, -0.2) is 0 Å². The second kappa shape index (κ2) is 7.56. The summed E-state index contributed by atoms with van der Waals surface area (Å²) < 4.78 is 0.